The Morgan fingerprint density at radius 1 is 1.16 bits per heavy atom. The van der Waals surface area contributed by atoms with Gasteiger partial charge >= 0.3 is 5.97 Å². The lowest BCUT2D eigenvalue weighted by molar-refractivity contribution is -0.105. The SMILES string of the molecule is CC(=O)c1cc(C(=O)O)c(Nc2ccc(Br)cc2F)c(F)c1NC=O. The highest BCUT2D eigenvalue weighted by atomic mass is 79.9. The Morgan fingerprint density at radius 2 is 1.84 bits per heavy atom. The number of ketones is 1. The Hall–Kier alpha value is -2.81. The molecule has 0 saturated heterocycles. The van der Waals surface area contributed by atoms with E-state index >= 15 is 0 Å². The number of hydrogen-bond donors (Lipinski definition) is 3. The fraction of sp³-hybridized carbons (Fsp3) is 0.0625. The number of nitrogens with one attached hydrogen (secondary N) is 2. The van der Waals surface area contributed by atoms with Crippen molar-refractivity contribution in [2.75, 3.05) is 10.6 Å². The molecule has 0 fully saturated rings. The Balaban J connectivity index is 2.70. The number of hydrogen-bond acceptors (Lipinski definition) is 4. The molecule has 0 heterocycles. The number of carbonyl (C=O) groups excluding carboxylic acids is 2. The first-order valence-corrected chi connectivity index (χ1v) is 7.58. The molecule has 0 bridgehead atoms. The van der Waals surface area contributed by atoms with Gasteiger partial charge in [-0.05, 0) is 31.2 Å². The number of benzene rings is 2. The molecule has 0 aliphatic rings. The second-order valence-corrected chi connectivity index (χ2v) is 5.82. The lowest BCUT2D eigenvalue weighted by atomic mass is 10.0. The largest absolute Gasteiger partial charge is 0.478 e. The number of amides is 1. The molecule has 0 unspecified atom stereocenters. The summed E-state index contributed by atoms with van der Waals surface area (Å²) in [4.78, 5) is 33.8. The molecule has 6 nitrogen and oxygen atoms in total. The van der Waals surface area contributed by atoms with Crippen LogP contribution in [0.4, 0.5) is 25.8 Å². The van der Waals surface area contributed by atoms with Gasteiger partial charge < -0.3 is 15.7 Å². The third-order valence-electron chi connectivity index (χ3n) is 3.27. The Bertz CT molecular complexity index is 887. The quantitative estimate of drug-likeness (QED) is 0.493. The number of aromatic carboxylic acids is 1. The zero-order valence-electron chi connectivity index (χ0n) is 12.7. The molecular formula is C16H11BrF2N2O4. The monoisotopic (exact) mass is 412 g/mol. The zero-order chi connectivity index (χ0) is 18.7. The van der Waals surface area contributed by atoms with Crippen LogP contribution < -0.4 is 10.6 Å². The van der Waals surface area contributed by atoms with Crippen LogP contribution >= 0.6 is 15.9 Å². The maximum atomic E-state index is 14.8. The third-order valence-corrected chi connectivity index (χ3v) is 3.76. The summed E-state index contributed by atoms with van der Waals surface area (Å²) >= 11 is 3.07. The highest BCUT2D eigenvalue weighted by molar-refractivity contribution is 9.10. The van der Waals surface area contributed by atoms with Gasteiger partial charge in [0.05, 0.1) is 22.6 Å². The van der Waals surface area contributed by atoms with E-state index in [1.807, 2.05) is 5.32 Å². The van der Waals surface area contributed by atoms with E-state index in [1.54, 1.807) is 0 Å². The van der Waals surface area contributed by atoms with Crippen LogP contribution in [0.15, 0.2) is 28.7 Å². The summed E-state index contributed by atoms with van der Waals surface area (Å²) in [5.74, 6) is -4.13. The van der Waals surface area contributed by atoms with Gasteiger partial charge in [0.15, 0.2) is 11.6 Å². The summed E-state index contributed by atoms with van der Waals surface area (Å²) in [5, 5.41) is 13.7. The zero-order valence-corrected chi connectivity index (χ0v) is 14.3. The predicted molar refractivity (Wildman–Crippen MR) is 90.4 cm³/mol. The normalized spacial score (nSPS) is 10.2. The average molecular weight is 413 g/mol. The summed E-state index contributed by atoms with van der Waals surface area (Å²) in [6.07, 6.45) is 0.148. The van der Waals surface area contributed by atoms with E-state index in [-0.39, 0.29) is 17.7 Å². The van der Waals surface area contributed by atoms with Crippen LogP contribution in [0, 0.1) is 11.6 Å². The lowest BCUT2D eigenvalue weighted by Crippen LogP contribution is -2.13. The van der Waals surface area contributed by atoms with Gasteiger partial charge in [0.25, 0.3) is 0 Å². The molecule has 0 aliphatic carbocycles. The minimum atomic E-state index is -1.53. The van der Waals surface area contributed by atoms with Crippen molar-refractivity contribution in [3.63, 3.8) is 0 Å². The number of carboxylic acid groups (broad SMARTS) is 1. The van der Waals surface area contributed by atoms with Crippen molar-refractivity contribution in [3.05, 3.63) is 51.5 Å². The van der Waals surface area contributed by atoms with Gasteiger partial charge in [0.1, 0.15) is 5.82 Å². The molecule has 130 valence electrons. The van der Waals surface area contributed by atoms with Crippen molar-refractivity contribution in [2.45, 2.75) is 6.92 Å². The standard InChI is InChI=1S/C16H11BrF2N2O4/c1-7(23)9-5-10(16(24)25)15(13(19)14(9)20-6-22)21-12-3-2-8(17)4-11(12)18/h2-6,21H,1H3,(H,20,22)(H,24,25). The molecule has 0 aromatic heterocycles. The number of halogens is 3. The van der Waals surface area contributed by atoms with Crippen molar-refractivity contribution in [2.24, 2.45) is 0 Å². The third kappa shape index (κ3) is 3.82. The molecule has 9 heteroatoms. The molecule has 3 N–H and O–H groups in total. The van der Waals surface area contributed by atoms with E-state index in [9.17, 15) is 28.3 Å². The Kier molecular flexibility index (Phi) is 5.48. The minimum Gasteiger partial charge on any atom is -0.478 e. The molecule has 0 radical (unpaired) electrons. The molecule has 0 atom stereocenters. The Morgan fingerprint density at radius 3 is 2.36 bits per heavy atom. The molecule has 0 spiro atoms. The van der Waals surface area contributed by atoms with E-state index in [4.69, 9.17) is 0 Å². The number of rotatable bonds is 6. The maximum absolute atomic E-state index is 14.8. The summed E-state index contributed by atoms with van der Waals surface area (Å²) in [7, 11) is 0. The number of carboxylic acids is 1. The van der Waals surface area contributed by atoms with Gasteiger partial charge in [0, 0.05) is 10.0 Å². The van der Waals surface area contributed by atoms with Crippen LogP contribution in [0.3, 0.4) is 0 Å². The topological polar surface area (TPSA) is 95.5 Å². The molecular weight excluding hydrogens is 402 g/mol. The highest BCUT2D eigenvalue weighted by Gasteiger charge is 2.24. The van der Waals surface area contributed by atoms with Gasteiger partial charge in [-0.25, -0.2) is 13.6 Å². The predicted octanol–water partition coefficient (Wildman–Crippen LogP) is 3.94. The molecule has 1 amide bonds. The van der Waals surface area contributed by atoms with Crippen molar-refractivity contribution in [3.8, 4) is 0 Å². The Labute approximate surface area is 149 Å². The van der Waals surface area contributed by atoms with Gasteiger partial charge in [-0.15, -0.1) is 0 Å². The first-order valence-electron chi connectivity index (χ1n) is 6.79. The maximum Gasteiger partial charge on any atom is 0.337 e. The van der Waals surface area contributed by atoms with Crippen LogP contribution in [0.1, 0.15) is 27.6 Å². The van der Waals surface area contributed by atoms with E-state index in [0.717, 1.165) is 19.1 Å². The molecule has 2 rings (SSSR count). The fourth-order valence-corrected chi connectivity index (χ4v) is 2.48. The highest BCUT2D eigenvalue weighted by Crippen LogP contribution is 2.34. The molecule has 0 aliphatic heterocycles. The van der Waals surface area contributed by atoms with Crippen LogP contribution in [0.5, 0.6) is 0 Å². The summed E-state index contributed by atoms with van der Waals surface area (Å²) in [6.45, 7) is 1.10. The summed E-state index contributed by atoms with van der Waals surface area (Å²) < 4.78 is 29.2. The second kappa shape index (κ2) is 7.39. The number of anilines is 3. The second-order valence-electron chi connectivity index (χ2n) is 4.91. The van der Waals surface area contributed by atoms with Crippen molar-refractivity contribution in [1.29, 1.82) is 0 Å². The van der Waals surface area contributed by atoms with Crippen molar-refractivity contribution < 1.29 is 28.3 Å². The minimum absolute atomic E-state index is 0.148. The van der Waals surface area contributed by atoms with E-state index in [1.165, 1.54) is 12.1 Å². The first-order chi connectivity index (χ1) is 11.8. The van der Waals surface area contributed by atoms with Crippen molar-refractivity contribution in [1.82, 2.24) is 0 Å². The van der Waals surface area contributed by atoms with Crippen molar-refractivity contribution >= 4 is 51.2 Å². The van der Waals surface area contributed by atoms with Crippen LogP contribution in [-0.4, -0.2) is 23.3 Å². The number of carbonyl (C=O) groups is 3. The van der Waals surface area contributed by atoms with Crippen LogP contribution in [0.2, 0.25) is 0 Å². The smallest absolute Gasteiger partial charge is 0.337 e. The van der Waals surface area contributed by atoms with E-state index in [0.29, 0.717) is 4.47 Å². The lowest BCUT2D eigenvalue weighted by Gasteiger charge is -2.16. The van der Waals surface area contributed by atoms with Gasteiger partial charge in [-0.3, -0.25) is 9.59 Å². The summed E-state index contributed by atoms with van der Waals surface area (Å²) in [5.41, 5.74) is -2.15. The first kappa shape index (κ1) is 18.5. The van der Waals surface area contributed by atoms with E-state index < -0.39 is 40.3 Å². The molecule has 25 heavy (non-hydrogen) atoms. The molecule has 2 aromatic rings. The van der Waals surface area contributed by atoms with Gasteiger partial charge in [-0.2, -0.15) is 0 Å². The van der Waals surface area contributed by atoms with Gasteiger partial charge in [0.2, 0.25) is 6.41 Å². The fourth-order valence-electron chi connectivity index (χ4n) is 2.14. The van der Waals surface area contributed by atoms with Crippen LogP contribution in [0.25, 0.3) is 0 Å². The average Bonchev–Trinajstić information content (AvgIpc) is 2.53. The van der Waals surface area contributed by atoms with E-state index in [2.05, 4.69) is 21.2 Å². The molecule has 2 aromatic carbocycles. The summed E-state index contributed by atoms with van der Waals surface area (Å²) in [6, 6.07) is 4.77. The van der Waals surface area contributed by atoms with Gasteiger partial charge in [-0.1, -0.05) is 15.9 Å². The molecule has 0 saturated carbocycles. The van der Waals surface area contributed by atoms with Crippen LogP contribution in [-0.2, 0) is 4.79 Å². The number of Topliss-reactive ketones (excluding diaryl/α,β-unsaturated/α-hetero) is 1.